The van der Waals surface area contributed by atoms with Gasteiger partial charge in [-0.2, -0.15) is 0 Å². The zero-order chi connectivity index (χ0) is 12.6. The summed E-state index contributed by atoms with van der Waals surface area (Å²) < 4.78 is 0. The fourth-order valence-corrected chi connectivity index (χ4v) is 1.32. The average molecular weight is 230 g/mol. The van der Waals surface area contributed by atoms with Crippen molar-refractivity contribution in [2.45, 2.75) is 27.2 Å². The number of amides is 1. The molecule has 0 saturated carbocycles. The van der Waals surface area contributed by atoms with Crippen molar-refractivity contribution in [1.29, 1.82) is 0 Å². The van der Waals surface area contributed by atoms with E-state index in [9.17, 15) is 9.59 Å². The van der Waals surface area contributed by atoms with E-state index in [0.29, 0.717) is 6.54 Å². The second-order valence-electron chi connectivity index (χ2n) is 3.73. The van der Waals surface area contributed by atoms with Crippen LogP contribution in [0.15, 0.2) is 0 Å². The van der Waals surface area contributed by atoms with Crippen LogP contribution in [0.4, 0.5) is 0 Å². The second-order valence-corrected chi connectivity index (χ2v) is 3.73. The number of carbonyl (C=O) groups is 2. The van der Waals surface area contributed by atoms with Crippen molar-refractivity contribution in [1.82, 2.24) is 10.2 Å². The number of carbonyl (C=O) groups excluding carboxylic acids is 1. The third-order valence-corrected chi connectivity index (χ3v) is 2.61. The molecule has 1 amide bonds. The van der Waals surface area contributed by atoms with Gasteiger partial charge in [-0.15, -0.1) is 0 Å². The molecule has 1 unspecified atom stereocenters. The highest BCUT2D eigenvalue weighted by molar-refractivity contribution is 5.96. The van der Waals surface area contributed by atoms with Crippen molar-refractivity contribution < 1.29 is 14.7 Å². The monoisotopic (exact) mass is 230 g/mol. The lowest BCUT2D eigenvalue weighted by atomic mass is 10.2. The molecule has 0 radical (unpaired) electrons. The summed E-state index contributed by atoms with van der Waals surface area (Å²) in [5.41, 5.74) is 0. The van der Waals surface area contributed by atoms with E-state index in [-0.39, 0.29) is 0 Å². The van der Waals surface area contributed by atoms with E-state index in [0.717, 1.165) is 26.1 Å². The minimum atomic E-state index is -1.08. The van der Waals surface area contributed by atoms with E-state index in [1.807, 2.05) is 0 Å². The number of aliphatic carboxylic acids is 1. The van der Waals surface area contributed by atoms with Crippen LogP contribution in [0.5, 0.6) is 0 Å². The summed E-state index contributed by atoms with van der Waals surface area (Å²) in [4.78, 5) is 24.0. The van der Waals surface area contributed by atoms with Gasteiger partial charge in [0.05, 0.1) is 0 Å². The molecule has 0 aromatic heterocycles. The molecule has 0 bridgehead atoms. The van der Waals surface area contributed by atoms with E-state index < -0.39 is 17.8 Å². The molecule has 0 heterocycles. The first kappa shape index (κ1) is 14.9. The summed E-state index contributed by atoms with van der Waals surface area (Å²) >= 11 is 0. The number of carboxylic acids is 1. The number of rotatable bonds is 8. The molecule has 2 N–H and O–H groups in total. The Bertz CT molecular complexity index is 227. The SMILES string of the molecule is CCN(CC)CCCNC(=O)C(C)C(=O)O. The van der Waals surface area contributed by atoms with Crippen LogP contribution < -0.4 is 5.32 Å². The van der Waals surface area contributed by atoms with E-state index in [1.54, 1.807) is 0 Å². The Balaban J connectivity index is 3.66. The molecular weight excluding hydrogens is 208 g/mol. The fourth-order valence-electron chi connectivity index (χ4n) is 1.32. The summed E-state index contributed by atoms with van der Waals surface area (Å²) in [5, 5.41) is 11.2. The molecule has 16 heavy (non-hydrogen) atoms. The third-order valence-electron chi connectivity index (χ3n) is 2.61. The van der Waals surface area contributed by atoms with E-state index in [2.05, 4.69) is 24.1 Å². The van der Waals surface area contributed by atoms with Crippen molar-refractivity contribution in [2.75, 3.05) is 26.2 Å². The van der Waals surface area contributed by atoms with Gasteiger partial charge < -0.3 is 15.3 Å². The summed E-state index contributed by atoms with van der Waals surface area (Å²) in [7, 11) is 0. The molecule has 0 aliphatic rings. The summed E-state index contributed by atoms with van der Waals surface area (Å²) in [5.74, 6) is -2.46. The van der Waals surface area contributed by atoms with Gasteiger partial charge in [-0.05, 0) is 33.0 Å². The van der Waals surface area contributed by atoms with Crippen molar-refractivity contribution in [2.24, 2.45) is 5.92 Å². The van der Waals surface area contributed by atoms with Crippen molar-refractivity contribution in [3.05, 3.63) is 0 Å². The minimum absolute atomic E-state index is 0.410. The predicted octanol–water partition coefficient (Wildman–Crippen LogP) is 0.555. The minimum Gasteiger partial charge on any atom is -0.481 e. The third kappa shape index (κ3) is 5.70. The van der Waals surface area contributed by atoms with Gasteiger partial charge in [0.25, 0.3) is 0 Å². The molecule has 0 aliphatic carbocycles. The Labute approximate surface area is 96.8 Å². The Morgan fingerprint density at radius 1 is 1.31 bits per heavy atom. The lowest BCUT2D eigenvalue weighted by Crippen LogP contribution is -2.35. The molecular formula is C11H22N2O3. The highest BCUT2D eigenvalue weighted by Crippen LogP contribution is 1.95. The molecule has 0 aromatic carbocycles. The van der Waals surface area contributed by atoms with Crippen molar-refractivity contribution >= 4 is 11.9 Å². The molecule has 5 nitrogen and oxygen atoms in total. The van der Waals surface area contributed by atoms with Gasteiger partial charge in [-0.3, -0.25) is 9.59 Å². The van der Waals surface area contributed by atoms with Gasteiger partial charge in [0.2, 0.25) is 5.91 Å². The normalized spacial score (nSPS) is 12.5. The highest BCUT2D eigenvalue weighted by atomic mass is 16.4. The second kappa shape index (κ2) is 8.10. The predicted molar refractivity (Wildman–Crippen MR) is 62.2 cm³/mol. The van der Waals surface area contributed by atoms with Gasteiger partial charge in [0.15, 0.2) is 0 Å². The lowest BCUT2D eigenvalue weighted by Gasteiger charge is -2.17. The topological polar surface area (TPSA) is 69.6 Å². The van der Waals surface area contributed by atoms with Crippen LogP contribution in [0.1, 0.15) is 27.2 Å². The standard InChI is InChI=1S/C11H22N2O3/c1-4-13(5-2)8-6-7-12-10(14)9(3)11(15)16/h9H,4-8H2,1-3H3,(H,12,14)(H,15,16). The van der Waals surface area contributed by atoms with Crippen LogP contribution in [0.3, 0.4) is 0 Å². The maximum atomic E-state index is 11.3. The summed E-state index contributed by atoms with van der Waals surface area (Å²) in [6.07, 6.45) is 0.847. The Hall–Kier alpha value is -1.10. The van der Waals surface area contributed by atoms with Gasteiger partial charge in [-0.25, -0.2) is 0 Å². The molecule has 94 valence electrons. The van der Waals surface area contributed by atoms with Crippen LogP contribution >= 0.6 is 0 Å². The first-order chi connectivity index (χ1) is 7.52. The van der Waals surface area contributed by atoms with Crippen LogP contribution in [-0.2, 0) is 9.59 Å². The summed E-state index contributed by atoms with van der Waals surface area (Å²) in [6.45, 7) is 9.03. The molecule has 5 heteroatoms. The van der Waals surface area contributed by atoms with Gasteiger partial charge in [-0.1, -0.05) is 13.8 Å². The smallest absolute Gasteiger partial charge is 0.315 e. The number of carboxylic acid groups (broad SMARTS) is 1. The van der Waals surface area contributed by atoms with Crippen LogP contribution in [-0.4, -0.2) is 48.1 Å². The first-order valence-corrected chi connectivity index (χ1v) is 5.75. The van der Waals surface area contributed by atoms with Gasteiger partial charge in [0, 0.05) is 6.54 Å². The maximum Gasteiger partial charge on any atom is 0.315 e. The average Bonchev–Trinajstić information content (AvgIpc) is 2.27. The Morgan fingerprint density at radius 2 is 1.88 bits per heavy atom. The van der Waals surface area contributed by atoms with E-state index in [1.165, 1.54) is 6.92 Å². The van der Waals surface area contributed by atoms with Gasteiger partial charge >= 0.3 is 5.97 Å². The molecule has 0 spiro atoms. The number of hydrogen-bond acceptors (Lipinski definition) is 3. The van der Waals surface area contributed by atoms with Crippen molar-refractivity contribution in [3.8, 4) is 0 Å². The molecule has 0 saturated heterocycles. The van der Waals surface area contributed by atoms with Crippen LogP contribution in [0.25, 0.3) is 0 Å². The van der Waals surface area contributed by atoms with Crippen LogP contribution in [0.2, 0.25) is 0 Å². The maximum absolute atomic E-state index is 11.3. The number of hydrogen-bond donors (Lipinski definition) is 2. The quantitative estimate of drug-likeness (QED) is 0.472. The fraction of sp³-hybridized carbons (Fsp3) is 0.818. The molecule has 0 fully saturated rings. The largest absolute Gasteiger partial charge is 0.481 e. The molecule has 1 atom stereocenters. The lowest BCUT2D eigenvalue weighted by molar-refractivity contribution is -0.146. The van der Waals surface area contributed by atoms with E-state index >= 15 is 0 Å². The number of nitrogens with zero attached hydrogens (tertiary/aromatic N) is 1. The van der Waals surface area contributed by atoms with Crippen LogP contribution in [0, 0.1) is 5.92 Å². The Morgan fingerprint density at radius 3 is 2.31 bits per heavy atom. The first-order valence-electron chi connectivity index (χ1n) is 5.75. The zero-order valence-corrected chi connectivity index (χ0v) is 10.3. The van der Waals surface area contributed by atoms with Crippen molar-refractivity contribution in [3.63, 3.8) is 0 Å². The Kier molecular flexibility index (Phi) is 7.54. The highest BCUT2D eigenvalue weighted by Gasteiger charge is 2.19. The molecule has 0 aromatic rings. The summed E-state index contributed by atoms with van der Waals surface area (Å²) in [6, 6.07) is 0. The molecule has 0 rings (SSSR count). The molecule has 0 aliphatic heterocycles. The zero-order valence-electron chi connectivity index (χ0n) is 10.3. The van der Waals surface area contributed by atoms with E-state index in [4.69, 9.17) is 5.11 Å². The number of nitrogens with one attached hydrogen (secondary N) is 1. The van der Waals surface area contributed by atoms with Gasteiger partial charge in [0.1, 0.15) is 5.92 Å².